The maximum absolute atomic E-state index is 13.1. The molecule has 0 fully saturated rings. The Bertz CT molecular complexity index is 962. The van der Waals surface area contributed by atoms with Crippen LogP contribution in [0.15, 0.2) is 76.7 Å². The Balaban J connectivity index is 2.24. The maximum Gasteiger partial charge on any atom is 0.207 e. The molecule has 1 aromatic heterocycles. The van der Waals surface area contributed by atoms with Crippen LogP contribution in [-0.4, -0.2) is 13.4 Å². The summed E-state index contributed by atoms with van der Waals surface area (Å²) in [7, 11) is -3.60. The van der Waals surface area contributed by atoms with Gasteiger partial charge in [0.2, 0.25) is 9.84 Å². The summed E-state index contributed by atoms with van der Waals surface area (Å²) in [5.74, 6) is 0. The van der Waals surface area contributed by atoms with Crippen LogP contribution in [0.4, 0.5) is 0 Å². The predicted octanol–water partition coefficient (Wildman–Crippen LogP) is 4.20. The first-order valence-corrected chi connectivity index (χ1v) is 8.81. The van der Waals surface area contributed by atoms with Crippen molar-refractivity contribution in [2.75, 3.05) is 0 Å². The number of hydrogen-bond donors (Lipinski definition) is 0. The fourth-order valence-corrected chi connectivity index (χ4v) is 4.14. The van der Waals surface area contributed by atoms with Crippen molar-refractivity contribution in [2.24, 2.45) is 0 Å². The van der Waals surface area contributed by atoms with Gasteiger partial charge >= 0.3 is 0 Å². The minimum absolute atomic E-state index is 0.285. The quantitative estimate of drug-likeness (QED) is 0.726. The third-order valence-electron chi connectivity index (χ3n) is 3.74. The molecule has 0 unspecified atom stereocenters. The molecule has 0 aliphatic carbocycles. The van der Waals surface area contributed by atoms with Crippen LogP contribution in [0, 0.1) is 13.8 Å². The van der Waals surface area contributed by atoms with E-state index >= 15 is 0 Å². The summed E-state index contributed by atoms with van der Waals surface area (Å²) in [6.07, 6.45) is 1.68. The second-order valence-corrected chi connectivity index (χ2v) is 7.40. The smallest absolute Gasteiger partial charge is 0.207 e. The van der Waals surface area contributed by atoms with Crippen LogP contribution in [0.2, 0.25) is 0 Å². The summed E-state index contributed by atoms with van der Waals surface area (Å²) in [6, 6.07) is 17.8. The lowest BCUT2D eigenvalue weighted by molar-refractivity contribution is 0.596. The molecule has 1 heterocycles. The van der Waals surface area contributed by atoms with Gasteiger partial charge in [0.1, 0.15) is 0 Å². The molecule has 0 amide bonds. The molecule has 0 aliphatic rings. The van der Waals surface area contributed by atoms with Crippen molar-refractivity contribution in [3.05, 3.63) is 78.0 Å². The molecule has 0 saturated carbocycles. The molecule has 0 aliphatic heterocycles. The minimum atomic E-state index is -3.60. The topological polar surface area (TPSA) is 47.0 Å². The predicted molar refractivity (Wildman–Crippen MR) is 91.0 cm³/mol. The van der Waals surface area contributed by atoms with Gasteiger partial charge in [-0.15, -0.1) is 0 Å². The molecule has 116 valence electrons. The highest BCUT2D eigenvalue weighted by Gasteiger charge is 2.22. The molecular formula is C19H17NO2S. The Labute approximate surface area is 136 Å². The first-order valence-electron chi connectivity index (χ1n) is 7.33. The summed E-state index contributed by atoms with van der Waals surface area (Å²) in [6.45, 7) is 3.81. The standard InChI is InChI=1S/C19H17NO2S/c1-14-7-5-9-16(13-14)23(21,22)18-11-4-3-10-17(18)19-15(2)8-6-12-20-19/h3-13H,1-2H3. The van der Waals surface area contributed by atoms with Gasteiger partial charge in [0.25, 0.3) is 0 Å². The third kappa shape index (κ3) is 2.90. The van der Waals surface area contributed by atoms with E-state index in [1.807, 2.05) is 38.1 Å². The maximum atomic E-state index is 13.1. The zero-order valence-electron chi connectivity index (χ0n) is 13.0. The van der Waals surface area contributed by atoms with Crippen molar-refractivity contribution in [3.8, 4) is 11.3 Å². The summed E-state index contributed by atoms with van der Waals surface area (Å²) in [5, 5.41) is 0. The second kappa shape index (κ2) is 5.97. The van der Waals surface area contributed by atoms with Gasteiger partial charge in [-0.2, -0.15) is 0 Å². The molecule has 0 saturated heterocycles. The molecule has 0 atom stereocenters. The van der Waals surface area contributed by atoms with Gasteiger partial charge in [0.05, 0.1) is 15.5 Å². The van der Waals surface area contributed by atoms with Gasteiger partial charge < -0.3 is 0 Å². The van der Waals surface area contributed by atoms with Crippen LogP contribution in [0.3, 0.4) is 0 Å². The van der Waals surface area contributed by atoms with E-state index in [1.165, 1.54) is 0 Å². The number of benzene rings is 2. The van der Waals surface area contributed by atoms with Gasteiger partial charge in [-0.1, -0.05) is 36.4 Å². The van der Waals surface area contributed by atoms with E-state index in [0.717, 1.165) is 11.1 Å². The Hall–Kier alpha value is -2.46. The van der Waals surface area contributed by atoms with Crippen molar-refractivity contribution in [1.82, 2.24) is 4.98 Å². The van der Waals surface area contributed by atoms with Gasteiger partial charge in [-0.3, -0.25) is 4.98 Å². The zero-order valence-corrected chi connectivity index (χ0v) is 13.8. The minimum Gasteiger partial charge on any atom is -0.256 e. The lowest BCUT2D eigenvalue weighted by Gasteiger charge is -2.12. The van der Waals surface area contributed by atoms with Crippen molar-refractivity contribution >= 4 is 9.84 Å². The highest BCUT2D eigenvalue weighted by atomic mass is 32.2. The highest BCUT2D eigenvalue weighted by Crippen LogP contribution is 2.31. The molecule has 3 nitrogen and oxygen atoms in total. The normalized spacial score (nSPS) is 11.4. The van der Waals surface area contributed by atoms with E-state index in [1.54, 1.807) is 42.6 Å². The summed E-state index contributed by atoms with van der Waals surface area (Å²) < 4.78 is 26.1. The molecule has 0 spiro atoms. The zero-order chi connectivity index (χ0) is 16.4. The average molecular weight is 323 g/mol. The van der Waals surface area contributed by atoms with Crippen LogP contribution in [-0.2, 0) is 9.84 Å². The highest BCUT2D eigenvalue weighted by molar-refractivity contribution is 7.91. The van der Waals surface area contributed by atoms with Crippen molar-refractivity contribution in [1.29, 1.82) is 0 Å². The number of aromatic nitrogens is 1. The molecule has 0 radical (unpaired) electrons. The van der Waals surface area contributed by atoms with Gasteiger partial charge in [-0.25, -0.2) is 8.42 Å². The molecule has 4 heteroatoms. The van der Waals surface area contributed by atoms with E-state index in [-0.39, 0.29) is 4.90 Å². The monoisotopic (exact) mass is 323 g/mol. The van der Waals surface area contributed by atoms with Gasteiger partial charge in [0.15, 0.2) is 0 Å². The fraction of sp³-hybridized carbons (Fsp3) is 0.105. The molecule has 3 rings (SSSR count). The number of hydrogen-bond acceptors (Lipinski definition) is 3. The molecular weight excluding hydrogens is 306 g/mol. The van der Waals surface area contributed by atoms with Crippen LogP contribution >= 0.6 is 0 Å². The number of pyridine rings is 1. The van der Waals surface area contributed by atoms with Crippen molar-refractivity contribution < 1.29 is 8.42 Å². The number of rotatable bonds is 3. The van der Waals surface area contributed by atoms with Gasteiger partial charge in [-0.05, 0) is 49.2 Å². The number of sulfone groups is 1. The van der Waals surface area contributed by atoms with E-state index in [2.05, 4.69) is 4.98 Å². The first kappa shape index (κ1) is 15.4. The lowest BCUT2D eigenvalue weighted by atomic mass is 10.1. The van der Waals surface area contributed by atoms with Crippen molar-refractivity contribution in [2.45, 2.75) is 23.6 Å². The van der Waals surface area contributed by atoms with Crippen LogP contribution < -0.4 is 0 Å². The van der Waals surface area contributed by atoms with Gasteiger partial charge in [0, 0.05) is 11.8 Å². The molecule has 3 aromatic rings. The molecule has 0 bridgehead atoms. The number of aryl methyl sites for hydroxylation is 2. The van der Waals surface area contributed by atoms with E-state index in [4.69, 9.17) is 0 Å². The molecule has 0 N–H and O–H groups in total. The van der Waals surface area contributed by atoms with Crippen molar-refractivity contribution in [3.63, 3.8) is 0 Å². The summed E-state index contributed by atoms with van der Waals surface area (Å²) >= 11 is 0. The summed E-state index contributed by atoms with van der Waals surface area (Å²) in [5.41, 5.74) is 3.18. The average Bonchev–Trinajstić information content (AvgIpc) is 2.55. The molecule has 23 heavy (non-hydrogen) atoms. The SMILES string of the molecule is Cc1cccc(S(=O)(=O)c2ccccc2-c2ncccc2C)c1. The van der Waals surface area contributed by atoms with Crippen LogP contribution in [0.25, 0.3) is 11.3 Å². The Morgan fingerprint density at radius 2 is 1.65 bits per heavy atom. The Kier molecular flexibility index (Phi) is 4.01. The Morgan fingerprint density at radius 1 is 0.870 bits per heavy atom. The Morgan fingerprint density at radius 3 is 2.39 bits per heavy atom. The second-order valence-electron chi connectivity index (χ2n) is 5.49. The largest absolute Gasteiger partial charge is 0.256 e. The molecule has 2 aromatic carbocycles. The van der Waals surface area contributed by atoms with Crippen LogP contribution in [0.1, 0.15) is 11.1 Å². The van der Waals surface area contributed by atoms with E-state index < -0.39 is 9.84 Å². The summed E-state index contributed by atoms with van der Waals surface area (Å²) in [4.78, 5) is 4.96. The number of nitrogens with zero attached hydrogens (tertiary/aromatic N) is 1. The van der Waals surface area contributed by atoms with Crippen LogP contribution in [0.5, 0.6) is 0 Å². The first-order chi connectivity index (χ1) is 11.0. The van der Waals surface area contributed by atoms with E-state index in [9.17, 15) is 8.42 Å². The fourth-order valence-electron chi connectivity index (χ4n) is 2.57. The lowest BCUT2D eigenvalue weighted by Crippen LogP contribution is -2.05. The third-order valence-corrected chi connectivity index (χ3v) is 5.55. The van der Waals surface area contributed by atoms with E-state index in [0.29, 0.717) is 16.2 Å².